The smallest absolute Gasteiger partial charge is 0.322 e. The lowest BCUT2D eigenvalue weighted by Gasteiger charge is -2.37. The Morgan fingerprint density at radius 1 is 1.18 bits per heavy atom. The van der Waals surface area contributed by atoms with Gasteiger partial charge < -0.3 is 24.6 Å². The number of fused-ring (bicyclic) bond motifs is 1. The summed E-state index contributed by atoms with van der Waals surface area (Å²) in [5, 5.41) is 6.10. The third-order valence-corrected chi connectivity index (χ3v) is 8.07. The highest BCUT2D eigenvalue weighted by molar-refractivity contribution is 7.10. The van der Waals surface area contributed by atoms with E-state index in [1.54, 1.807) is 42.7 Å². The molecule has 202 valence electrons. The predicted molar refractivity (Wildman–Crippen MR) is 153 cm³/mol. The van der Waals surface area contributed by atoms with Gasteiger partial charge in [-0.05, 0) is 78.7 Å². The van der Waals surface area contributed by atoms with Crippen LogP contribution in [0.4, 0.5) is 10.5 Å². The number of nitrogens with one attached hydrogen (secondary N) is 1. The Morgan fingerprint density at radius 3 is 2.79 bits per heavy atom. The Kier molecular flexibility index (Phi) is 9.91. The molecule has 38 heavy (non-hydrogen) atoms. The van der Waals surface area contributed by atoms with Crippen molar-refractivity contribution in [2.45, 2.75) is 25.8 Å². The fraction of sp³-hybridized carbons (Fsp3) is 0.357. The highest BCUT2D eigenvalue weighted by atomic mass is 35.5. The second-order valence-corrected chi connectivity index (χ2v) is 10.9. The number of aryl methyl sites for hydroxylation is 1. The Hall–Kier alpha value is -2.78. The van der Waals surface area contributed by atoms with Crippen LogP contribution in [0.5, 0.6) is 5.75 Å². The van der Waals surface area contributed by atoms with Crippen LogP contribution in [0.15, 0.2) is 53.9 Å². The molecule has 1 aromatic heterocycles. The first-order chi connectivity index (χ1) is 18.4. The molecule has 0 aliphatic carbocycles. The van der Waals surface area contributed by atoms with Crippen LogP contribution in [0.2, 0.25) is 10.0 Å². The van der Waals surface area contributed by atoms with E-state index in [0.717, 1.165) is 17.5 Å². The summed E-state index contributed by atoms with van der Waals surface area (Å²) >= 11 is 13.9. The zero-order valence-electron chi connectivity index (χ0n) is 21.4. The van der Waals surface area contributed by atoms with Gasteiger partial charge in [-0.1, -0.05) is 29.3 Å². The van der Waals surface area contributed by atoms with Crippen molar-refractivity contribution in [3.8, 4) is 5.75 Å². The Morgan fingerprint density at radius 2 is 2.03 bits per heavy atom. The van der Waals surface area contributed by atoms with Gasteiger partial charge in [0.2, 0.25) is 5.91 Å². The molecule has 1 aliphatic rings. The maximum absolute atomic E-state index is 13.7. The van der Waals surface area contributed by atoms with Crippen molar-refractivity contribution in [2.75, 3.05) is 45.3 Å². The molecule has 1 atom stereocenters. The van der Waals surface area contributed by atoms with Gasteiger partial charge in [0.15, 0.2) is 0 Å². The minimum absolute atomic E-state index is 0.0634. The van der Waals surface area contributed by atoms with E-state index in [0.29, 0.717) is 54.2 Å². The number of ether oxygens (including phenoxy) is 2. The first kappa shape index (κ1) is 28.2. The molecule has 1 N–H and O–H groups in total. The zero-order chi connectivity index (χ0) is 27.1. The number of carbonyl (C=O) groups excluding carboxylic acids is 2. The molecule has 3 aromatic rings. The Bertz CT molecular complexity index is 1270. The standard InChI is InChI=1S/C28H31Cl2N3O4S/c1-19-15-22(7-8-24(19)30)37-18-25-23-10-14-38-26(23)9-12-33(25)27(34)17-32(11-4-13-36-2)28(35)31-21-6-3-5-20(29)16-21/h3,5-8,10,14-16,25H,4,9,11-13,17-18H2,1-2H3,(H,31,35)/t25-/m1/s1. The highest BCUT2D eigenvalue weighted by Gasteiger charge is 2.33. The number of anilines is 1. The van der Waals surface area contributed by atoms with E-state index >= 15 is 0 Å². The fourth-order valence-corrected chi connectivity index (χ4v) is 5.67. The second kappa shape index (κ2) is 13.3. The summed E-state index contributed by atoms with van der Waals surface area (Å²) in [4.78, 5) is 31.5. The van der Waals surface area contributed by atoms with Gasteiger partial charge in [-0.15, -0.1) is 11.3 Å². The number of rotatable bonds is 10. The molecule has 0 radical (unpaired) electrons. The van der Waals surface area contributed by atoms with E-state index in [9.17, 15) is 9.59 Å². The molecule has 0 spiro atoms. The van der Waals surface area contributed by atoms with Crippen LogP contribution >= 0.6 is 34.5 Å². The van der Waals surface area contributed by atoms with Crippen molar-refractivity contribution < 1.29 is 19.1 Å². The molecule has 1 aliphatic heterocycles. The summed E-state index contributed by atoms with van der Waals surface area (Å²) in [7, 11) is 1.61. The number of methoxy groups -OCH3 is 1. The molecular weight excluding hydrogens is 545 g/mol. The number of carbonyl (C=O) groups is 2. The molecule has 10 heteroatoms. The number of hydrogen-bond acceptors (Lipinski definition) is 5. The van der Waals surface area contributed by atoms with Gasteiger partial charge in [-0.25, -0.2) is 4.79 Å². The Labute approximate surface area is 237 Å². The van der Waals surface area contributed by atoms with Crippen molar-refractivity contribution in [3.05, 3.63) is 80.0 Å². The second-order valence-electron chi connectivity index (χ2n) is 9.08. The third kappa shape index (κ3) is 7.20. The van der Waals surface area contributed by atoms with Gasteiger partial charge in [0.1, 0.15) is 18.9 Å². The van der Waals surface area contributed by atoms with Crippen LogP contribution in [0, 0.1) is 6.92 Å². The van der Waals surface area contributed by atoms with E-state index in [1.165, 1.54) is 9.78 Å². The molecule has 0 saturated heterocycles. The Balaban J connectivity index is 1.49. The van der Waals surface area contributed by atoms with Crippen molar-refractivity contribution >= 4 is 52.2 Å². The molecule has 0 saturated carbocycles. The topological polar surface area (TPSA) is 71.1 Å². The largest absolute Gasteiger partial charge is 0.491 e. The van der Waals surface area contributed by atoms with Crippen molar-refractivity contribution in [1.29, 1.82) is 0 Å². The molecule has 0 bridgehead atoms. The van der Waals surface area contributed by atoms with Crippen LogP contribution in [0.25, 0.3) is 0 Å². The quantitative estimate of drug-likeness (QED) is 0.282. The first-order valence-corrected chi connectivity index (χ1v) is 14.0. The minimum Gasteiger partial charge on any atom is -0.491 e. The normalized spacial score (nSPS) is 14.6. The monoisotopic (exact) mass is 575 g/mol. The lowest BCUT2D eigenvalue weighted by atomic mass is 10.0. The summed E-state index contributed by atoms with van der Waals surface area (Å²) in [6.45, 7) is 3.57. The number of nitrogens with zero attached hydrogens (tertiary/aromatic N) is 2. The maximum atomic E-state index is 13.7. The number of amides is 3. The molecule has 3 amide bonds. The maximum Gasteiger partial charge on any atom is 0.322 e. The van der Waals surface area contributed by atoms with Gasteiger partial charge in [0.25, 0.3) is 0 Å². The lowest BCUT2D eigenvalue weighted by molar-refractivity contribution is -0.135. The molecule has 2 aromatic carbocycles. The van der Waals surface area contributed by atoms with E-state index in [2.05, 4.69) is 11.4 Å². The van der Waals surface area contributed by atoms with Crippen LogP contribution in [0.1, 0.15) is 28.5 Å². The van der Waals surface area contributed by atoms with Gasteiger partial charge in [-0.2, -0.15) is 0 Å². The average molecular weight is 577 g/mol. The predicted octanol–water partition coefficient (Wildman–Crippen LogP) is 6.44. The molecule has 0 unspecified atom stereocenters. The zero-order valence-corrected chi connectivity index (χ0v) is 23.7. The summed E-state index contributed by atoms with van der Waals surface area (Å²) in [6.07, 6.45) is 1.37. The average Bonchev–Trinajstić information content (AvgIpc) is 3.38. The van der Waals surface area contributed by atoms with Crippen molar-refractivity contribution in [1.82, 2.24) is 9.80 Å². The SMILES string of the molecule is COCCCN(CC(=O)N1CCc2sccc2[C@H]1COc1ccc(Cl)c(C)c1)C(=O)Nc1cccc(Cl)c1. The van der Waals surface area contributed by atoms with Crippen LogP contribution in [0.3, 0.4) is 0 Å². The molecule has 7 nitrogen and oxygen atoms in total. The van der Waals surface area contributed by atoms with E-state index < -0.39 is 0 Å². The minimum atomic E-state index is -0.366. The molecular formula is C28H31Cl2N3O4S. The van der Waals surface area contributed by atoms with Crippen molar-refractivity contribution in [2.24, 2.45) is 0 Å². The number of hydrogen-bond donors (Lipinski definition) is 1. The summed E-state index contributed by atoms with van der Waals surface area (Å²) < 4.78 is 11.3. The highest BCUT2D eigenvalue weighted by Crippen LogP contribution is 2.34. The molecule has 4 rings (SSSR count). The van der Waals surface area contributed by atoms with Crippen LogP contribution in [-0.4, -0.2) is 61.7 Å². The first-order valence-electron chi connectivity index (χ1n) is 12.4. The van der Waals surface area contributed by atoms with E-state index in [4.69, 9.17) is 32.7 Å². The summed E-state index contributed by atoms with van der Waals surface area (Å²) in [5.41, 5.74) is 2.58. The van der Waals surface area contributed by atoms with E-state index in [-0.39, 0.29) is 24.5 Å². The van der Waals surface area contributed by atoms with Gasteiger partial charge in [-0.3, -0.25) is 4.79 Å². The summed E-state index contributed by atoms with van der Waals surface area (Å²) in [6, 6.07) is 13.9. The lowest BCUT2D eigenvalue weighted by Crippen LogP contribution is -2.49. The van der Waals surface area contributed by atoms with Gasteiger partial charge in [0.05, 0.1) is 6.04 Å². The van der Waals surface area contributed by atoms with Crippen LogP contribution in [-0.2, 0) is 16.0 Å². The van der Waals surface area contributed by atoms with Gasteiger partial charge in [0, 0.05) is 47.4 Å². The number of benzene rings is 2. The number of urea groups is 1. The summed E-state index contributed by atoms with van der Waals surface area (Å²) in [5.74, 6) is 0.560. The van der Waals surface area contributed by atoms with Gasteiger partial charge >= 0.3 is 6.03 Å². The molecule has 0 fully saturated rings. The number of thiophene rings is 1. The third-order valence-electron chi connectivity index (χ3n) is 6.42. The van der Waals surface area contributed by atoms with Crippen LogP contribution < -0.4 is 10.1 Å². The molecule has 2 heterocycles. The van der Waals surface area contributed by atoms with E-state index in [1.807, 2.05) is 35.4 Å². The number of halogens is 2. The fourth-order valence-electron chi connectivity index (χ4n) is 4.43. The van der Waals surface area contributed by atoms with Crippen molar-refractivity contribution in [3.63, 3.8) is 0 Å².